The number of rotatable bonds is 3. The molecule has 0 aliphatic carbocycles. The van der Waals surface area contributed by atoms with Gasteiger partial charge in [-0.05, 0) is 36.7 Å². The predicted molar refractivity (Wildman–Crippen MR) is 69.6 cm³/mol. The monoisotopic (exact) mass is 224 g/mol. The second-order valence-electron chi connectivity index (χ2n) is 4.53. The number of hydrogen-bond donors (Lipinski definition) is 0. The molecule has 0 amide bonds. The minimum atomic E-state index is 1.06. The Hall–Kier alpha value is -1.67. The number of pyridine rings is 1. The Morgan fingerprint density at radius 3 is 2.65 bits per heavy atom. The van der Waals surface area contributed by atoms with Gasteiger partial charge in [-0.3, -0.25) is 9.88 Å². The van der Waals surface area contributed by atoms with Crippen LogP contribution in [0.2, 0.25) is 0 Å². The van der Waals surface area contributed by atoms with Gasteiger partial charge in [0.2, 0.25) is 0 Å². The van der Waals surface area contributed by atoms with E-state index in [0.717, 1.165) is 6.54 Å². The van der Waals surface area contributed by atoms with Gasteiger partial charge >= 0.3 is 0 Å². The van der Waals surface area contributed by atoms with Gasteiger partial charge < -0.3 is 0 Å². The first-order valence-corrected chi connectivity index (χ1v) is 6.14. The molecule has 1 aliphatic heterocycles. The van der Waals surface area contributed by atoms with Gasteiger partial charge in [-0.1, -0.05) is 30.3 Å². The van der Waals surface area contributed by atoms with E-state index < -0.39 is 0 Å². The van der Waals surface area contributed by atoms with E-state index in [-0.39, 0.29) is 0 Å². The quantitative estimate of drug-likeness (QED) is 0.797. The first-order valence-electron chi connectivity index (χ1n) is 6.14. The highest BCUT2D eigenvalue weighted by Crippen LogP contribution is 2.25. The Labute approximate surface area is 102 Å². The Balaban J connectivity index is 1.92. The highest BCUT2D eigenvalue weighted by Gasteiger charge is 2.15. The average Bonchev–Trinajstić information content (AvgIpc) is 2.35. The van der Waals surface area contributed by atoms with Gasteiger partial charge in [-0.25, -0.2) is 0 Å². The molecule has 0 N–H and O–H groups in total. The van der Waals surface area contributed by atoms with Gasteiger partial charge in [-0.15, -0.1) is 0 Å². The van der Waals surface area contributed by atoms with Crippen molar-refractivity contribution >= 4 is 0 Å². The highest BCUT2D eigenvalue weighted by molar-refractivity contribution is 5.66. The van der Waals surface area contributed by atoms with Crippen LogP contribution in [0.4, 0.5) is 0 Å². The maximum absolute atomic E-state index is 4.20. The van der Waals surface area contributed by atoms with Crippen molar-refractivity contribution in [3.8, 4) is 11.1 Å². The third-order valence-electron chi connectivity index (χ3n) is 3.33. The van der Waals surface area contributed by atoms with Gasteiger partial charge in [0.1, 0.15) is 0 Å². The number of nitrogens with zero attached hydrogens (tertiary/aromatic N) is 2. The summed E-state index contributed by atoms with van der Waals surface area (Å²) < 4.78 is 0. The number of hydrogen-bond acceptors (Lipinski definition) is 2. The topological polar surface area (TPSA) is 16.1 Å². The van der Waals surface area contributed by atoms with Crippen LogP contribution in [0.1, 0.15) is 12.0 Å². The van der Waals surface area contributed by atoms with Crippen LogP contribution in [0.25, 0.3) is 11.1 Å². The first-order chi connectivity index (χ1) is 8.43. The van der Waals surface area contributed by atoms with Crippen LogP contribution in [0, 0.1) is 0 Å². The van der Waals surface area contributed by atoms with Crippen molar-refractivity contribution in [2.75, 3.05) is 13.1 Å². The fourth-order valence-corrected chi connectivity index (χ4v) is 2.24. The molecular weight excluding hydrogens is 208 g/mol. The minimum absolute atomic E-state index is 1.06. The molecule has 2 aromatic rings. The van der Waals surface area contributed by atoms with Gasteiger partial charge in [-0.2, -0.15) is 0 Å². The van der Waals surface area contributed by atoms with E-state index in [9.17, 15) is 0 Å². The van der Waals surface area contributed by atoms with Crippen molar-refractivity contribution < 1.29 is 0 Å². The van der Waals surface area contributed by atoms with E-state index in [1.807, 2.05) is 18.5 Å². The summed E-state index contributed by atoms with van der Waals surface area (Å²) in [7, 11) is 0. The number of benzene rings is 1. The zero-order valence-corrected chi connectivity index (χ0v) is 9.84. The van der Waals surface area contributed by atoms with Crippen molar-refractivity contribution in [1.29, 1.82) is 0 Å². The lowest BCUT2D eigenvalue weighted by atomic mass is 10.00. The molecule has 0 radical (unpaired) electrons. The minimum Gasteiger partial charge on any atom is -0.299 e. The Kier molecular flexibility index (Phi) is 2.88. The maximum atomic E-state index is 4.20. The van der Waals surface area contributed by atoms with Crippen molar-refractivity contribution in [2.24, 2.45) is 0 Å². The molecule has 17 heavy (non-hydrogen) atoms. The van der Waals surface area contributed by atoms with E-state index in [1.54, 1.807) is 0 Å². The Morgan fingerprint density at radius 2 is 1.94 bits per heavy atom. The number of likely N-dealkylation sites (tertiary alicyclic amines) is 1. The van der Waals surface area contributed by atoms with Crippen LogP contribution >= 0.6 is 0 Å². The van der Waals surface area contributed by atoms with Crippen molar-refractivity contribution in [3.63, 3.8) is 0 Å². The molecule has 2 nitrogen and oxygen atoms in total. The summed E-state index contributed by atoms with van der Waals surface area (Å²) >= 11 is 0. The Bertz CT molecular complexity index is 489. The molecule has 0 atom stereocenters. The molecule has 0 spiro atoms. The van der Waals surface area contributed by atoms with Gasteiger partial charge in [0.05, 0.1) is 0 Å². The van der Waals surface area contributed by atoms with Crippen molar-refractivity contribution in [1.82, 2.24) is 9.88 Å². The molecule has 0 saturated carbocycles. The summed E-state index contributed by atoms with van der Waals surface area (Å²) in [5, 5.41) is 0. The van der Waals surface area contributed by atoms with Crippen LogP contribution in [-0.4, -0.2) is 23.0 Å². The van der Waals surface area contributed by atoms with Crippen molar-refractivity contribution in [3.05, 3.63) is 54.4 Å². The first kappa shape index (κ1) is 10.5. The smallest absolute Gasteiger partial charge is 0.0346 e. The normalized spacial score (nSPS) is 15.5. The summed E-state index contributed by atoms with van der Waals surface area (Å²) in [6.45, 7) is 3.54. The lowest BCUT2D eigenvalue weighted by Gasteiger charge is -2.31. The second-order valence-corrected chi connectivity index (χ2v) is 4.53. The van der Waals surface area contributed by atoms with E-state index in [0.29, 0.717) is 0 Å². The summed E-state index contributed by atoms with van der Waals surface area (Å²) in [5.74, 6) is 0. The standard InChI is InChI=1S/C15H16N2/c1-2-7-15(13-6-3-8-16-11-13)14(5-1)12-17-9-4-10-17/h1-3,5-8,11H,4,9-10,12H2. The number of aromatic nitrogens is 1. The maximum Gasteiger partial charge on any atom is 0.0346 e. The molecule has 3 rings (SSSR count). The predicted octanol–water partition coefficient (Wildman–Crippen LogP) is 2.95. The molecule has 86 valence electrons. The molecule has 0 bridgehead atoms. The van der Waals surface area contributed by atoms with Crippen LogP contribution in [-0.2, 0) is 6.54 Å². The zero-order valence-electron chi connectivity index (χ0n) is 9.84. The SMILES string of the molecule is c1cncc(-c2ccccc2CN2CCC2)c1. The molecule has 1 fully saturated rings. The summed E-state index contributed by atoms with van der Waals surface area (Å²) in [4.78, 5) is 6.68. The fraction of sp³-hybridized carbons (Fsp3) is 0.267. The molecular formula is C15H16N2. The van der Waals surface area contributed by atoms with E-state index in [4.69, 9.17) is 0 Å². The van der Waals surface area contributed by atoms with Crippen LogP contribution in [0.15, 0.2) is 48.8 Å². The molecule has 2 heterocycles. The lowest BCUT2D eigenvalue weighted by Crippen LogP contribution is -2.36. The molecule has 2 heteroatoms. The third kappa shape index (κ3) is 2.22. The van der Waals surface area contributed by atoms with Crippen molar-refractivity contribution in [2.45, 2.75) is 13.0 Å². The lowest BCUT2D eigenvalue weighted by molar-refractivity contribution is 0.173. The van der Waals surface area contributed by atoms with Crippen LogP contribution < -0.4 is 0 Å². The van der Waals surface area contributed by atoms with E-state index in [2.05, 4.69) is 40.2 Å². The summed E-state index contributed by atoms with van der Waals surface area (Å²) in [5.41, 5.74) is 3.93. The largest absolute Gasteiger partial charge is 0.299 e. The van der Waals surface area contributed by atoms with Crippen LogP contribution in [0.5, 0.6) is 0 Å². The molecule has 1 aliphatic rings. The highest BCUT2D eigenvalue weighted by atomic mass is 15.2. The average molecular weight is 224 g/mol. The molecule has 0 unspecified atom stereocenters. The fourth-order valence-electron chi connectivity index (χ4n) is 2.24. The van der Waals surface area contributed by atoms with Gasteiger partial charge in [0, 0.05) is 24.5 Å². The van der Waals surface area contributed by atoms with Gasteiger partial charge in [0.25, 0.3) is 0 Å². The van der Waals surface area contributed by atoms with E-state index >= 15 is 0 Å². The van der Waals surface area contributed by atoms with E-state index in [1.165, 1.54) is 36.2 Å². The molecule has 1 saturated heterocycles. The van der Waals surface area contributed by atoms with Gasteiger partial charge in [0.15, 0.2) is 0 Å². The molecule has 1 aromatic heterocycles. The summed E-state index contributed by atoms with van der Waals surface area (Å²) in [6.07, 6.45) is 5.10. The second kappa shape index (κ2) is 4.68. The zero-order chi connectivity index (χ0) is 11.5. The molecule has 1 aromatic carbocycles. The van der Waals surface area contributed by atoms with Crippen LogP contribution in [0.3, 0.4) is 0 Å². The third-order valence-corrected chi connectivity index (χ3v) is 3.33. The summed E-state index contributed by atoms with van der Waals surface area (Å²) in [6, 6.07) is 12.8. The Morgan fingerprint density at radius 1 is 1.06 bits per heavy atom.